The zero-order valence-electron chi connectivity index (χ0n) is 14.9. The third-order valence-corrected chi connectivity index (χ3v) is 5.43. The molecular formula is C17H28F3N3O2. The first-order chi connectivity index (χ1) is 11.7. The second-order valence-electron chi connectivity index (χ2n) is 7.06. The fourth-order valence-electron chi connectivity index (χ4n) is 3.82. The molecule has 1 saturated heterocycles. The average Bonchev–Trinajstić information content (AvgIpc) is 2.55. The summed E-state index contributed by atoms with van der Waals surface area (Å²) < 4.78 is 38.2. The van der Waals surface area contributed by atoms with E-state index in [1.54, 1.807) is 4.90 Å². The van der Waals surface area contributed by atoms with E-state index in [2.05, 4.69) is 10.2 Å². The average molecular weight is 363 g/mol. The topological polar surface area (TPSA) is 52.7 Å². The Bertz CT molecular complexity index is 468. The number of piperazine rings is 1. The van der Waals surface area contributed by atoms with Gasteiger partial charge in [-0.05, 0) is 32.1 Å². The molecule has 2 aliphatic rings. The molecule has 144 valence electrons. The van der Waals surface area contributed by atoms with Crippen molar-refractivity contribution in [3.63, 3.8) is 0 Å². The van der Waals surface area contributed by atoms with Crippen molar-refractivity contribution in [2.75, 3.05) is 26.2 Å². The lowest BCUT2D eigenvalue weighted by Gasteiger charge is -2.39. The molecule has 1 unspecified atom stereocenters. The normalized spacial score (nSPS) is 27.0. The molecule has 0 radical (unpaired) electrons. The maximum absolute atomic E-state index is 12.7. The summed E-state index contributed by atoms with van der Waals surface area (Å²) in [6, 6.07) is -0.451. The number of nitrogens with zero attached hydrogens (tertiary/aromatic N) is 2. The van der Waals surface area contributed by atoms with E-state index >= 15 is 0 Å². The van der Waals surface area contributed by atoms with Gasteiger partial charge in [-0.3, -0.25) is 14.5 Å². The second-order valence-corrected chi connectivity index (χ2v) is 7.06. The Hall–Kier alpha value is -1.31. The molecule has 0 bridgehead atoms. The molecule has 2 fully saturated rings. The molecule has 1 heterocycles. The van der Waals surface area contributed by atoms with Crippen molar-refractivity contribution in [2.24, 2.45) is 5.92 Å². The molecule has 0 aromatic carbocycles. The van der Waals surface area contributed by atoms with Crippen molar-refractivity contribution in [2.45, 2.75) is 64.2 Å². The lowest BCUT2D eigenvalue weighted by molar-refractivity contribution is -0.182. The van der Waals surface area contributed by atoms with Crippen LogP contribution in [0.3, 0.4) is 0 Å². The molecule has 1 aliphatic carbocycles. The Balaban J connectivity index is 1.82. The highest BCUT2D eigenvalue weighted by Gasteiger charge is 2.42. The molecule has 0 aromatic rings. The summed E-state index contributed by atoms with van der Waals surface area (Å²) in [4.78, 5) is 27.8. The van der Waals surface area contributed by atoms with Gasteiger partial charge in [0.25, 0.3) is 0 Å². The van der Waals surface area contributed by atoms with Gasteiger partial charge in [0.15, 0.2) is 0 Å². The quantitative estimate of drug-likeness (QED) is 0.833. The summed E-state index contributed by atoms with van der Waals surface area (Å²) >= 11 is 0. The fourth-order valence-corrected chi connectivity index (χ4v) is 3.82. The first-order valence-corrected chi connectivity index (χ1v) is 9.09. The van der Waals surface area contributed by atoms with E-state index in [9.17, 15) is 22.8 Å². The summed E-state index contributed by atoms with van der Waals surface area (Å²) in [6.45, 7) is 5.98. The van der Waals surface area contributed by atoms with Crippen LogP contribution in [0.15, 0.2) is 0 Å². The maximum atomic E-state index is 12.7. The van der Waals surface area contributed by atoms with Crippen molar-refractivity contribution in [1.82, 2.24) is 15.1 Å². The highest BCUT2D eigenvalue weighted by Crippen LogP contribution is 2.37. The van der Waals surface area contributed by atoms with Gasteiger partial charge in [-0.2, -0.15) is 13.2 Å². The summed E-state index contributed by atoms with van der Waals surface area (Å²) in [6.07, 6.45) is -2.55. The molecule has 0 spiro atoms. The van der Waals surface area contributed by atoms with E-state index in [1.807, 2.05) is 6.92 Å². The third-order valence-electron chi connectivity index (χ3n) is 5.43. The van der Waals surface area contributed by atoms with Crippen LogP contribution in [0, 0.1) is 5.92 Å². The Morgan fingerprint density at radius 3 is 2.08 bits per heavy atom. The maximum Gasteiger partial charge on any atom is 0.391 e. The molecule has 5 nitrogen and oxygen atoms in total. The van der Waals surface area contributed by atoms with E-state index in [-0.39, 0.29) is 36.7 Å². The molecule has 0 aromatic heterocycles. The second kappa shape index (κ2) is 8.38. The van der Waals surface area contributed by atoms with Crippen LogP contribution in [0.25, 0.3) is 0 Å². The third kappa shape index (κ3) is 5.33. The van der Waals surface area contributed by atoms with E-state index in [0.29, 0.717) is 45.4 Å². The Kier molecular flexibility index (Phi) is 6.71. The molecule has 1 atom stereocenters. The molecule has 8 heteroatoms. The Morgan fingerprint density at radius 2 is 1.64 bits per heavy atom. The van der Waals surface area contributed by atoms with Gasteiger partial charge in [-0.1, -0.05) is 6.92 Å². The number of halogens is 3. The van der Waals surface area contributed by atoms with Gasteiger partial charge in [0.1, 0.15) is 0 Å². The van der Waals surface area contributed by atoms with Crippen LogP contribution in [0.1, 0.15) is 46.0 Å². The smallest absolute Gasteiger partial charge is 0.352 e. The number of carbonyl (C=O) groups excluding carboxylic acids is 2. The van der Waals surface area contributed by atoms with Crippen LogP contribution in [0.2, 0.25) is 0 Å². The molecule has 1 N–H and O–H groups in total. The monoisotopic (exact) mass is 363 g/mol. The van der Waals surface area contributed by atoms with Gasteiger partial charge in [0.2, 0.25) is 11.8 Å². The SMILES string of the molecule is CCC(C(=O)NC1CCC(C(F)(F)F)CC1)N1CCN(C(C)=O)CC1. The molecule has 25 heavy (non-hydrogen) atoms. The predicted octanol–water partition coefficient (Wildman–Crippen LogP) is 2.17. The number of alkyl halides is 3. The lowest BCUT2D eigenvalue weighted by Crippen LogP contribution is -2.56. The van der Waals surface area contributed by atoms with Crippen molar-refractivity contribution in [1.29, 1.82) is 0 Å². The highest BCUT2D eigenvalue weighted by molar-refractivity contribution is 5.82. The van der Waals surface area contributed by atoms with Crippen molar-refractivity contribution < 1.29 is 22.8 Å². The number of hydrogen-bond donors (Lipinski definition) is 1. The van der Waals surface area contributed by atoms with Crippen LogP contribution < -0.4 is 5.32 Å². The van der Waals surface area contributed by atoms with Gasteiger partial charge in [0.05, 0.1) is 12.0 Å². The minimum absolute atomic E-state index is 0.0403. The van der Waals surface area contributed by atoms with E-state index in [0.717, 1.165) is 0 Å². The van der Waals surface area contributed by atoms with Crippen molar-refractivity contribution in [3.05, 3.63) is 0 Å². The van der Waals surface area contributed by atoms with Crippen LogP contribution in [0.5, 0.6) is 0 Å². The van der Waals surface area contributed by atoms with Crippen LogP contribution >= 0.6 is 0 Å². The van der Waals surface area contributed by atoms with E-state index in [4.69, 9.17) is 0 Å². The number of hydrogen-bond acceptors (Lipinski definition) is 3. The Labute approximate surface area is 146 Å². The zero-order chi connectivity index (χ0) is 18.6. The lowest BCUT2D eigenvalue weighted by atomic mass is 9.85. The number of carbonyl (C=O) groups is 2. The van der Waals surface area contributed by atoms with Crippen LogP contribution in [-0.4, -0.2) is 66.1 Å². The van der Waals surface area contributed by atoms with E-state index in [1.165, 1.54) is 6.92 Å². The minimum Gasteiger partial charge on any atom is -0.352 e. The van der Waals surface area contributed by atoms with Gasteiger partial charge >= 0.3 is 6.18 Å². The molecule has 1 saturated carbocycles. The highest BCUT2D eigenvalue weighted by atomic mass is 19.4. The summed E-state index contributed by atoms with van der Waals surface area (Å²) in [5.74, 6) is -1.30. The van der Waals surface area contributed by atoms with Gasteiger partial charge in [0, 0.05) is 39.1 Å². The fraction of sp³-hybridized carbons (Fsp3) is 0.882. The number of rotatable bonds is 4. The van der Waals surface area contributed by atoms with E-state index < -0.39 is 12.1 Å². The van der Waals surface area contributed by atoms with Gasteiger partial charge in [-0.25, -0.2) is 0 Å². The molecule has 2 rings (SSSR count). The Morgan fingerprint density at radius 1 is 1.08 bits per heavy atom. The molecule has 1 aliphatic heterocycles. The number of amides is 2. The van der Waals surface area contributed by atoms with Crippen LogP contribution in [0.4, 0.5) is 13.2 Å². The van der Waals surface area contributed by atoms with Gasteiger partial charge < -0.3 is 10.2 Å². The predicted molar refractivity (Wildman–Crippen MR) is 87.8 cm³/mol. The van der Waals surface area contributed by atoms with Crippen molar-refractivity contribution >= 4 is 11.8 Å². The van der Waals surface area contributed by atoms with Gasteiger partial charge in [-0.15, -0.1) is 0 Å². The summed E-state index contributed by atoms with van der Waals surface area (Å²) in [5.41, 5.74) is 0. The first-order valence-electron chi connectivity index (χ1n) is 9.09. The number of nitrogens with one attached hydrogen (secondary N) is 1. The largest absolute Gasteiger partial charge is 0.391 e. The summed E-state index contributed by atoms with van der Waals surface area (Å²) in [7, 11) is 0. The zero-order valence-corrected chi connectivity index (χ0v) is 14.9. The molecular weight excluding hydrogens is 335 g/mol. The molecule has 2 amide bonds. The standard InChI is InChI=1S/C17H28F3N3O2/c1-3-15(23-10-8-22(9-11-23)12(2)24)16(25)21-14-6-4-13(5-7-14)17(18,19)20/h13-15H,3-11H2,1-2H3,(H,21,25). The minimum atomic E-state index is -4.13. The summed E-state index contributed by atoms with van der Waals surface area (Å²) in [5, 5.41) is 2.94. The van der Waals surface area contributed by atoms with Crippen molar-refractivity contribution in [3.8, 4) is 0 Å². The first kappa shape index (κ1) is 20.0. The van der Waals surface area contributed by atoms with Crippen LogP contribution in [-0.2, 0) is 9.59 Å².